The molecule has 0 heterocycles. The van der Waals surface area contributed by atoms with E-state index in [9.17, 15) is 9.90 Å². The standard InChI is InChI=1S/C43H34O2/c1-29-9-11-30(12-10-29)23-31-13-17-36(18-14-31)42(44)40-22-20-35-16-15-33(26-41(35)28-40)24-32-5-4-8-38(25-32)43(45)39-21-19-34-6-2-3-7-37(34)27-39/h2-22,25-28,42,44H,23-24H2,1H3. The molecule has 0 saturated carbocycles. The number of rotatable bonds is 8. The molecule has 0 aliphatic rings. The number of carbonyl (C=O) groups excluding carboxylic acids is 1. The fraction of sp³-hybridized carbons (Fsp3) is 0.0930. The molecule has 7 rings (SSSR count). The van der Waals surface area contributed by atoms with Crippen LogP contribution in [-0.4, -0.2) is 10.9 Å². The van der Waals surface area contributed by atoms with E-state index in [4.69, 9.17) is 0 Å². The first-order valence-electron chi connectivity index (χ1n) is 15.5. The molecule has 7 aromatic carbocycles. The van der Waals surface area contributed by atoms with Crippen molar-refractivity contribution >= 4 is 27.3 Å². The lowest BCUT2D eigenvalue weighted by Gasteiger charge is -2.14. The van der Waals surface area contributed by atoms with Crippen molar-refractivity contribution in [3.05, 3.63) is 202 Å². The lowest BCUT2D eigenvalue weighted by atomic mass is 9.94. The summed E-state index contributed by atoms with van der Waals surface area (Å²) < 4.78 is 0. The van der Waals surface area contributed by atoms with Gasteiger partial charge in [-0.15, -0.1) is 0 Å². The van der Waals surface area contributed by atoms with Crippen LogP contribution in [0.5, 0.6) is 0 Å². The molecule has 0 amide bonds. The maximum absolute atomic E-state index is 13.4. The van der Waals surface area contributed by atoms with Crippen LogP contribution in [-0.2, 0) is 12.8 Å². The van der Waals surface area contributed by atoms with E-state index in [0.717, 1.165) is 50.2 Å². The van der Waals surface area contributed by atoms with Gasteiger partial charge in [0.2, 0.25) is 0 Å². The highest BCUT2D eigenvalue weighted by molar-refractivity contribution is 6.10. The third-order valence-corrected chi connectivity index (χ3v) is 8.68. The van der Waals surface area contributed by atoms with Crippen LogP contribution in [0.15, 0.2) is 152 Å². The van der Waals surface area contributed by atoms with Gasteiger partial charge in [0.15, 0.2) is 5.78 Å². The molecule has 0 saturated heterocycles. The number of fused-ring (bicyclic) bond motifs is 2. The first-order chi connectivity index (χ1) is 22.0. The van der Waals surface area contributed by atoms with E-state index < -0.39 is 6.10 Å². The minimum atomic E-state index is -0.704. The molecular weight excluding hydrogens is 548 g/mol. The largest absolute Gasteiger partial charge is 0.384 e. The first-order valence-corrected chi connectivity index (χ1v) is 15.5. The number of benzene rings is 7. The number of carbonyl (C=O) groups is 1. The third kappa shape index (κ3) is 6.33. The monoisotopic (exact) mass is 582 g/mol. The van der Waals surface area contributed by atoms with Crippen molar-refractivity contribution in [2.45, 2.75) is 25.9 Å². The molecule has 7 aromatic rings. The number of ketones is 1. The molecule has 1 atom stereocenters. The second kappa shape index (κ2) is 12.4. The average molecular weight is 583 g/mol. The van der Waals surface area contributed by atoms with Crippen LogP contribution in [0, 0.1) is 6.92 Å². The predicted octanol–water partition coefficient (Wildman–Crippen LogP) is 9.80. The summed E-state index contributed by atoms with van der Waals surface area (Å²) in [6.45, 7) is 2.10. The van der Waals surface area contributed by atoms with Gasteiger partial charge in [0.1, 0.15) is 6.10 Å². The molecule has 0 fully saturated rings. The summed E-state index contributed by atoms with van der Waals surface area (Å²) >= 11 is 0. The number of hydrogen-bond donors (Lipinski definition) is 1. The Morgan fingerprint density at radius 2 is 1.07 bits per heavy atom. The van der Waals surface area contributed by atoms with Crippen molar-refractivity contribution in [3.8, 4) is 0 Å². The highest BCUT2D eigenvalue weighted by Crippen LogP contribution is 2.28. The summed E-state index contributed by atoms with van der Waals surface area (Å²) in [5.41, 5.74) is 9.15. The summed E-state index contributed by atoms with van der Waals surface area (Å²) in [6.07, 6.45) is 0.879. The Morgan fingerprint density at radius 3 is 1.87 bits per heavy atom. The highest BCUT2D eigenvalue weighted by Gasteiger charge is 2.13. The molecule has 2 nitrogen and oxygen atoms in total. The van der Waals surface area contributed by atoms with Gasteiger partial charge in [0.05, 0.1) is 0 Å². The molecule has 0 aromatic heterocycles. The highest BCUT2D eigenvalue weighted by atomic mass is 16.3. The fourth-order valence-corrected chi connectivity index (χ4v) is 6.10. The zero-order chi connectivity index (χ0) is 30.8. The van der Waals surface area contributed by atoms with Crippen molar-refractivity contribution < 1.29 is 9.90 Å². The fourth-order valence-electron chi connectivity index (χ4n) is 6.10. The Balaban J connectivity index is 1.08. The van der Waals surface area contributed by atoms with Gasteiger partial charge in [0, 0.05) is 11.1 Å². The molecule has 0 aliphatic heterocycles. The summed E-state index contributed by atoms with van der Waals surface area (Å²) in [7, 11) is 0. The van der Waals surface area contributed by atoms with Gasteiger partial charge < -0.3 is 5.11 Å². The lowest BCUT2D eigenvalue weighted by molar-refractivity contribution is 0.103. The quantitative estimate of drug-likeness (QED) is 0.181. The van der Waals surface area contributed by atoms with Crippen LogP contribution in [0.2, 0.25) is 0 Å². The number of aryl methyl sites for hydroxylation is 1. The van der Waals surface area contributed by atoms with E-state index in [1.54, 1.807) is 0 Å². The molecule has 1 N–H and O–H groups in total. The summed E-state index contributed by atoms with van der Waals surface area (Å²) in [5.74, 6) is 0.0305. The molecule has 0 aliphatic carbocycles. The van der Waals surface area contributed by atoms with Crippen molar-refractivity contribution in [2.24, 2.45) is 0 Å². The van der Waals surface area contributed by atoms with Crippen molar-refractivity contribution in [1.29, 1.82) is 0 Å². The Hall–Kier alpha value is -5.31. The van der Waals surface area contributed by atoms with Crippen molar-refractivity contribution in [3.63, 3.8) is 0 Å². The average Bonchev–Trinajstić information content (AvgIpc) is 3.08. The molecular formula is C43H34O2. The summed E-state index contributed by atoms with van der Waals surface area (Å²) in [6, 6.07) is 51.5. The topological polar surface area (TPSA) is 37.3 Å². The van der Waals surface area contributed by atoms with E-state index in [1.807, 2.05) is 72.8 Å². The van der Waals surface area contributed by atoms with Gasteiger partial charge in [-0.3, -0.25) is 4.79 Å². The van der Waals surface area contributed by atoms with Crippen LogP contribution in [0.3, 0.4) is 0 Å². The normalized spacial score (nSPS) is 12.0. The summed E-state index contributed by atoms with van der Waals surface area (Å²) in [4.78, 5) is 13.4. The second-order valence-corrected chi connectivity index (χ2v) is 12.0. The first kappa shape index (κ1) is 28.5. The van der Waals surface area contributed by atoms with Crippen LogP contribution >= 0.6 is 0 Å². The third-order valence-electron chi connectivity index (χ3n) is 8.68. The molecule has 2 heteroatoms. The maximum atomic E-state index is 13.4. The number of hydrogen-bond acceptors (Lipinski definition) is 2. The van der Waals surface area contributed by atoms with Crippen molar-refractivity contribution in [2.75, 3.05) is 0 Å². The SMILES string of the molecule is Cc1ccc(Cc2ccc(C(O)c3ccc4ccc(Cc5cccc(C(=O)c6ccc7ccccc7c6)c5)cc4c3)cc2)cc1. The molecule has 0 spiro atoms. The minimum absolute atomic E-state index is 0.0305. The van der Waals surface area contributed by atoms with E-state index in [2.05, 4.69) is 85.8 Å². The predicted molar refractivity (Wildman–Crippen MR) is 185 cm³/mol. The molecule has 0 bridgehead atoms. The van der Waals surface area contributed by atoms with Gasteiger partial charge in [-0.2, -0.15) is 0 Å². The minimum Gasteiger partial charge on any atom is -0.384 e. The van der Waals surface area contributed by atoms with Crippen LogP contribution in [0.1, 0.15) is 61.0 Å². The zero-order valence-electron chi connectivity index (χ0n) is 25.3. The number of aliphatic hydroxyl groups excluding tert-OH is 1. The molecule has 45 heavy (non-hydrogen) atoms. The van der Waals surface area contributed by atoms with Gasteiger partial charge >= 0.3 is 0 Å². The van der Waals surface area contributed by atoms with Crippen LogP contribution < -0.4 is 0 Å². The molecule has 0 radical (unpaired) electrons. The van der Waals surface area contributed by atoms with Crippen LogP contribution in [0.4, 0.5) is 0 Å². The van der Waals surface area contributed by atoms with Gasteiger partial charge in [-0.05, 0) is 92.9 Å². The molecule has 218 valence electrons. The van der Waals surface area contributed by atoms with Gasteiger partial charge in [0.25, 0.3) is 0 Å². The zero-order valence-corrected chi connectivity index (χ0v) is 25.3. The Bertz CT molecular complexity index is 2140. The van der Waals surface area contributed by atoms with Gasteiger partial charge in [-0.25, -0.2) is 0 Å². The van der Waals surface area contributed by atoms with E-state index in [1.165, 1.54) is 16.7 Å². The van der Waals surface area contributed by atoms with Gasteiger partial charge in [-0.1, -0.05) is 139 Å². The second-order valence-electron chi connectivity index (χ2n) is 12.0. The molecule has 1 unspecified atom stereocenters. The smallest absolute Gasteiger partial charge is 0.193 e. The Morgan fingerprint density at radius 1 is 0.489 bits per heavy atom. The maximum Gasteiger partial charge on any atom is 0.193 e. The van der Waals surface area contributed by atoms with E-state index in [-0.39, 0.29) is 5.78 Å². The Kier molecular flexibility index (Phi) is 7.82. The lowest BCUT2D eigenvalue weighted by Crippen LogP contribution is -2.02. The van der Waals surface area contributed by atoms with Crippen LogP contribution in [0.25, 0.3) is 21.5 Å². The van der Waals surface area contributed by atoms with Crippen molar-refractivity contribution in [1.82, 2.24) is 0 Å². The Labute approximate surface area is 264 Å². The number of aliphatic hydroxyl groups is 1. The van der Waals surface area contributed by atoms with E-state index >= 15 is 0 Å². The summed E-state index contributed by atoms with van der Waals surface area (Å²) in [5, 5.41) is 15.7. The van der Waals surface area contributed by atoms with E-state index in [0.29, 0.717) is 17.5 Å².